The maximum Gasteiger partial charge on any atom is 0.263 e. The van der Waals surface area contributed by atoms with Gasteiger partial charge in [-0.05, 0) is 50.2 Å². The highest BCUT2D eigenvalue weighted by atomic mass is 35.5. The number of methoxy groups -OCH3 is 1. The van der Waals surface area contributed by atoms with Gasteiger partial charge in [-0.15, -0.1) is 0 Å². The molecule has 0 aliphatic rings. The van der Waals surface area contributed by atoms with Crippen LogP contribution in [-0.2, 0) is 4.79 Å². The van der Waals surface area contributed by atoms with Gasteiger partial charge in [0.15, 0.2) is 5.60 Å². The van der Waals surface area contributed by atoms with Crippen LogP contribution in [0.1, 0.15) is 13.8 Å². The van der Waals surface area contributed by atoms with Crippen molar-refractivity contribution in [2.24, 2.45) is 0 Å². The molecule has 0 aromatic heterocycles. The van der Waals surface area contributed by atoms with Gasteiger partial charge in [-0.3, -0.25) is 4.79 Å². The van der Waals surface area contributed by atoms with Gasteiger partial charge in [0.1, 0.15) is 23.9 Å². The second-order valence-electron chi connectivity index (χ2n) is 5.85. The summed E-state index contributed by atoms with van der Waals surface area (Å²) in [6.45, 7) is 4.12. The SMILES string of the molecule is COc1cccc(OCCNC(=O)C(C)(C)Oc2ccc(Cl)cc2)c1. The third-order valence-corrected chi connectivity index (χ3v) is 3.68. The van der Waals surface area contributed by atoms with E-state index in [1.165, 1.54) is 0 Å². The Labute approximate surface area is 152 Å². The van der Waals surface area contributed by atoms with Crippen molar-refractivity contribution in [3.8, 4) is 17.2 Å². The van der Waals surface area contributed by atoms with Gasteiger partial charge in [0.2, 0.25) is 0 Å². The lowest BCUT2D eigenvalue weighted by Crippen LogP contribution is -2.47. The molecule has 0 saturated carbocycles. The van der Waals surface area contributed by atoms with Gasteiger partial charge in [0, 0.05) is 11.1 Å². The number of ether oxygens (including phenoxy) is 3. The van der Waals surface area contributed by atoms with Crippen LogP contribution in [0.4, 0.5) is 0 Å². The molecule has 0 aliphatic carbocycles. The molecule has 0 aliphatic heterocycles. The summed E-state index contributed by atoms with van der Waals surface area (Å²) in [4.78, 5) is 12.3. The summed E-state index contributed by atoms with van der Waals surface area (Å²) in [6.07, 6.45) is 0. The summed E-state index contributed by atoms with van der Waals surface area (Å²) in [5, 5.41) is 3.42. The average Bonchev–Trinajstić information content (AvgIpc) is 2.60. The zero-order chi connectivity index (χ0) is 18.3. The first-order chi connectivity index (χ1) is 11.9. The topological polar surface area (TPSA) is 56.8 Å². The van der Waals surface area contributed by atoms with E-state index in [4.69, 9.17) is 25.8 Å². The minimum Gasteiger partial charge on any atom is -0.497 e. The third kappa shape index (κ3) is 5.87. The zero-order valence-corrected chi connectivity index (χ0v) is 15.3. The Hall–Kier alpha value is -2.40. The van der Waals surface area contributed by atoms with Crippen molar-refractivity contribution in [2.45, 2.75) is 19.4 Å². The predicted octanol–water partition coefficient (Wildman–Crippen LogP) is 3.70. The second-order valence-corrected chi connectivity index (χ2v) is 6.29. The summed E-state index contributed by atoms with van der Waals surface area (Å²) in [5.74, 6) is 1.76. The summed E-state index contributed by atoms with van der Waals surface area (Å²) in [5.41, 5.74) is -1.01. The Balaban J connectivity index is 1.79. The first-order valence-electron chi connectivity index (χ1n) is 7.90. The number of hydrogen-bond donors (Lipinski definition) is 1. The average molecular weight is 364 g/mol. The molecule has 1 amide bonds. The molecule has 0 heterocycles. The maximum absolute atomic E-state index is 12.3. The van der Waals surface area contributed by atoms with Crippen LogP contribution < -0.4 is 19.5 Å². The molecule has 0 saturated heterocycles. The molecule has 0 bridgehead atoms. The van der Waals surface area contributed by atoms with Gasteiger partial charge in [-0.25, -0.2) is 0 Å². The van der Waals surface area contributed by atoms with Gasteiger partial charge >= 0.3 is 0 Å². The van der Waals surface area contributed by atoms with Crippen molar-refractivity contribution in [2.75, 3.05) is 20.3 Å². The van der Waals surface area contributed by atoms with Gasteiger partial charge in [0.05, 0.1) is 13.7 Å². The van der Waals surface area contributed by atoms with Crippen LogP contribution in [0.15, 0.2) is 48.5 Å². The Kier molecular flexibility index (Phi) is 6.53. The largest absolute Gasteiger partial charge is 0.497 e. The number of nitrogens with one attached hydrogen (secondary N) is 1. The smallest absolute Gasteiger partial charge is 0.263 e. The molecule has 2 aromatic rings. The fourth-order valence-electron chi connectivity index (χ4n) is 2.08. The lowest BCUT2D eigenvalue weighted by Gasteiger charge is -2.25. The van der Waals surface area contributed by atoms with Crippen molar-refractivity contribution >= 4 is 17.5 Å². The van der Waals surface area contributed by atoms with E-state index in [9.17, 15) is 4.79 Å². The highest BCUT2D eigenvalue weighted by Crippen LogP contribution is 2.21. The number of carbonyl (C=O) groups excluding carboxylic acids is 1. The molecule has 0 unspecified atom stereocenters. The number of halogens is 1. The lowest BCUT2D eigenvalue weighted by molar-refractivity contribution is -0.134. The molecule has 25 heavy (non-hydrogen) atoms. The number of benzene rings is 2. The van der Waals surface area contributed by atoms with Gasteiger partial charge in [-0.1, -0.05) is 17.7 Å². The molecule has 2 aromatic carbocycles. The standard InChI is InChI=1S/C19H22ClNO4/c1-19(2,25-15-9-7-14(20)8-10-15)18(22)21-11-12-24-17-6-4-5-16(13-17)23-3/h4-10,13H,11-12H2,1-3H3,(H,21,22). The molecule has 134 valence electrons. The first kappa shape index (κ1) is 18.9. The molecule has 2 rings (SSSR count). The molecule has 5 nitrogen and oxygen atoms in total. The van der Waals surface area contributed by atoms with E-state index in [0.717, 1.165) is 5.75 Å². The Morgan fingerprint density at radius 3 is 2.44 bits per heavy atom. The van der Waals surface area contributed by atoms with Crippen LogP contribution in [0.5, 0.6) is 17.2 Å². The fourth-order valence-corrected chi connectivity index (χ4v) is 2.21. The Morgan fingerprint density at radius 1 is 1.08 bits per heavy atom. The Morgan fingerprint density at radius 2 is 1.76 bits per heavy atom. The number of carbonyl (C=O) groups is 1. The normalized spacial score (nSPS) is 10.9. The van der Waals surface area contributed by atoms with Crippen molar-refractivity contribution < 1.29 is 19.0 Å². The number of amides is 1. The van der Waals surface area contributed by atoms with E-state index in [-0.39, 0.29) is 5.91 Å². The third-order valence-electron chi connectivity index (χ3n) is 3.43. The van der Waals surface area contributed by atoms with Gasteiger partial charge in [-0.2, -0.15) is 0 Å². The summed E-state index contributed by atoms with van der Waals surface area (Å²) < 4.78 is 16.5. The minimum atomic E-state index is -1.01. The van der Waals surface area contributed by atoms with E-state index >= 15 is 0 Å². The van der Waals surface area contributed by atoms with E-state index in [1.54, 1.807) is 51.3 Å². The van der Waals surface area contributed by atoms with E-state index in [2.05, 4.69) is 5.32 Å². The van der Waals surface area contributed by atoms with Crippen LogP contribution in [0.2, 0.25) is 5.02 Å². The monoisotopic (exact) mass is 363 g/mol. The van der Waals surface area contributed by atoms with Crippen LogP contribution in [0.25, 0.3) is 0 Å². The van der Waals surface area contributed by atoms with Crippen LogP contribution in [0, 0.1) is 0 Å². The fraction of sp³-hybridized carbons (Fsp3) is 0.316. The van der Waals surface area contributed by atoms with Crippen LogP contribution in [-0.4, -0.2) is 31.8 Å². The zero-order valence-electron chi connectivity index (χ0n) is 14.5. The van der Waals surface area contributed by atoms with E-state index in [1.807, 2.05) is 18.2 Å². The van der Waals surface area contributed by atoms with Gasteiger partial charge < -0.3 is 19.5 Å². The summed E-state index contributed by atoms with van der Waals surface area (Å²) in [6, 6.07) is 14.2. The molecule has 0 fully saturated rings. The molecular formula is C19H22ClNO4. The lowest BCUT2D eigenvalue weighted by atomic mass is 10.1. The van der Waals surface area contributed by atoms with Crippen LogP contribution in [0.3, 0.4) is 0 Å². The highest BCUT2D eigenvalue weighted by molar-refractivity contribution is 6.30. The van der Waals surface area contributed by atoms with E-state index < -0.39 is 5.60 Å². The molecule has 1 N–H and O–H groups in total. The minimum absolute atomic E-state index is 0.225. The Bertz CT molecular complexity index is 701. The molecular weight excluding hydrogens is 342 g/mol. The van der Waals surface area contributed by atoms with Gasteiger partial charge in [0.25, 0.3) is 5.91 Å². The molecule has 6 heteroatoms. The number of rotatable bonds is 8. The predicted molar refractivity (Wildman–Crippen MR) is 97.7 cm³/mol. The second kappa shape index (κ2) is 8.62. The van der Waals surface area contributed by atoms with Crippen molar-refractivity contribution in [3.05, 3.63) is 53.6 Å². The highest BCUT2D eigenvalue weighted by Gasteiger charge is 2.29. The maximum atomic E-state index is 12.3. The number of hydrogen-bond acceptors (Lipinski definition) is 4. The summed E-state index contributed by atoms with van der Waals surface area (Å²) in [7, 11) is 1.60. The first-order valence-corrected chi connectivity index (χ1v) is 8.28. The summed E-state index contributed by atoms with van der Waals surface area (Å²) >= 11 is 5.84. The van der Waals surface area contributed by atoms with Crippen molar-refractivity contribution in [1.29, 1.82) is 0 Å². The molecule has 0 atom stereocenters. The van der Waals surface area contributed by atoms with Crippen molar-refractivity contribution in [1.82, 2.24) is 5.32 Å². The van der Waals surface area contributed by atoms with Crippen LogP contribution >= 0.6 is 11.6 Å². The van der Waals surface area contributed by atoms with Crippen molar-refractivity contribution in [3.63, 3.8) is 0 Å². The molecule has 0 radical (unpaired) electrons. The molecule has 0 spiro atoms. The van der Waals surface area contributed by atoms with E-state index in [0.29, 0.717) is 29.7 Å². The quantitative estimate of drug-likeness (QED) is 0.726.